The molecule has 0 spiro atoms. The highest BCUT2D eigenvalue weighted by atomic mass is 35.5. The number of hydrogen-bond donors (Lipinski definition) is 1. The van der Waals surface area contributed by atoms with E-state index in [9.17, 15) is 4.79 Å². The highest BCUT2D eigenvalue weighted by Gasteiger charge is 2.22. The predicted molar refractivity (Wildman–Crippen MR) is 99.5 cm³/mol. The number of aromatic nitrogens is 3. The van der Waals surface area contributed by atoms with E-state index in [1.54, 1.807) is 35.1 Å². The van der Waals surface area contributed by atoms with Gasteiger partial charge in [0.1, 0.15) is 5.82 Å². The van der Waals surface area contributed by atoms with E-state index >= 15 is 0 Å². The first-order valence-corrected chi connectivity index (χ1v) is 8.30. The maximum Gasteiger partial charge on any atom is 0.258 e. The first-order valence-electron chi connectivity index (χ1n) is 7.92. The zero-order chi connectivity index (χ0) is 18.0. The van der Waals surface area contributed by atoms with E-state index in [4.69, 9.17) is 11.6 Å². The van der Waals surface area contributed by atoms with Crippen molar-refractivity contribution in [3.05, 3.63) is 71.1 Å². The highest BCUT2D eigenvalue weighted by molar-refractivity contribution is 6.30. The Morgan fingerprint density at radius 3 is 2.60 bits per heavy atom. The lowest BCUT2D eigenvalue weighted by molar-refractivity contribution is 0.102. The zero-order valence-electron chi connectivity index (χ0n) is 14.3. The molecule has 25 heavy (non-hydrogen) atoms. The SMILES string of the molecule is CC(C)(C)c1cc(NC(=O)c2cccnc2)n(-c2cccc(Cl)c2)n1. The molecule has 128 valence electrons. The molecule has 0 aliphatic rings. The topological polar surface area (TPSA) is 59.8 Å². The minimum Gasteiger partial charge on any atom is -0.306 e. The van der Waals surface area contributed by atoms with Crippen LogP contribution < -0.4 is 5.32 Å². The molecule has 0 saturated carbocycles. The first kappa shape index (κ1) is 17.2. The summed E-state index contributed by atoms with van der Waals surface area (Å²) in [4.78, 5) is 16.5. The number of amides is 1. The van der Waals surface area contributed by atoms with Gasteiger partial charge in [-0.1, -0.05) is 38.4 Å². The minimum atomic E-state index is -0.239. The fourth-order valence-corrected chi connectivity index (χ4v) is 2.51. The fourth-order valence-electron chi connectivity index (χ4n) is 2.33. The second kappa shape index (κ2) is 6.69. The van der Waals surface area contributed by atoms with Crippen LogP contribution in [0.1, 0.15) is 36.8 Å². The number of rotatable bonds is 3. The molecule has 2 aromatic heterocycles. The van der Waals surface area contributed by atoms with Gasteiger partial charge in [-0.2, -0.15) is 5.10 Å². The molecule has 2 heterocycles. The van der Waals surface area contributed by atoms with Gasteiger partial charge in [0, 0.05) is 28.9 Å². The Kier molecular flexibility index (Phi) is 4.59. The number of pyridine rings is 1. The lowest BCUT2D eigenvalue weighted by Gasteiger charge is -2.14. The van der Waals surface area contributed by atoms with Crippen LogP contribution in [0.4, 0.5) is 5.82 Å². The molecule has 5 nitrogen and oxygen atoms in total. The van der Waals surface area contributed by atoms with Crippen LogP contribution in [0.15, 0.2) is 54.9 Å². The van der Waals surface area contributed by atoms with Gasteiger partial charge in [-0.15, -0.1) is 0 Å². The lowest BCUT2D eigenvalue weighted by Crippen LogP contribution is -2.15. The molecular weight excluding hydrogens is 336 g/mol. The summed E-state index contributed by atoms with van der Waals surface area (Å²) >= 11 is 6.11. The van der Waals surface area contributed by atoms with E-state index in [1.165, 1.54) is 6.20 Å². The summed E-state index contributed by atoms with van der Waals surface area (Å²) in [5, 5.41) is 8.19. The number of nitrogens with zero attached hydrogens (tertiary/aromatic N) is 3. The monoisotopic (exact) mass is 354 g/mol. The molecule has 6 heteroatoms. The molecule has 0 aliphatic heterocycles. The fraction of sp³-hybridized carbons (Fsp3) is 0.211. The minimum absolute atomic E-state index is 0.155. The number of halogens is 1. The maximum atomic E-state index is 12.5. The van der Waals surface area contributed by atoms with Gasteiger partial charge in [0.25, 0.3) is 5.91 Å². The summed E-state index contributed by atoms with van der Waals surface area (Å²) in [6.45, 7) is 6.22. The molecular formula is C19H19ClN4O. The molecule has 0 atom stereocenters. The number of carbonyl (C=O) groups excluding carboxylic acids is 1. The number of benzene rings is 1. The van der Waals surface area contributed by atoms with Gasteiger partial charge in [0.15, 0.2) is 0 Å². The van der Waals surface area contributed by atoms with E-state index in [-0.39, 0.29) is 11.3 Å². The van der Waals surface area contributed by atoms with Crippen molar-refractivity contribution in [3.8, 4) is 5.69 Å². The van der Waals surface area contributed by atoms with Gasteiger partial charge in [-0.3, -0.25) is 9.78 Å². The second-order valence-corrected chi connectivity index (χ2v) is 7.19. The van der Waals surface area contributed by atoms with Gasteiger partial charge >= 0.3 is 0 Å². The van der Waals surface area contributed by atoms with Crippen LogP contribution in [0.5, 0.6) is 0 Å². The number of hydrogen-bond acceptors (Lipinski definition) is 3. The molecule has 0 radical (unpaired) electrons. The predicted octanol–water partition coefficient (Wildman–Crippen LogP) is 4.47. The maximum absolute atomic E-state index is 12.5. The zero-order valence-corrected chi connectivity index (χ0v) is 15.1. The largest absolute Gasteiger partial charge is 0.306 e. The van der Waals surface area contributed by atoms with E-state index in [1.807, 2.05) is 18.2 Å². The molecule has 0 bridgehead atoms. The Morgan fingerprint density at radius 1 is 1.16 bits per heavy atom. The van der Waals surface area contributed by atoms with Crippen LogP contribution in [0.2, 0.25) is 5.02 Å². The van der Waals surface area contributed by atoms with Gasteiger partial charge in [-0.05, 0) is 30.3 Å². The molecule has 1 amide bonds. The molecule has 0 unspecified atom stereocenters. The average Bonchev–Trinajstić information content (AvgIpc) is 3.00. The summed E-state index contributed by atoms with van der Waals surface area (Å²) in [5.74, 6) is 0.345. The molecule has 0 fully saturated rings. The quantitative estimate of drug-likeness (QED) is 0.754. The van der Waals surface area contributed by atoms with Crippen molar-refractivity contribution >= 4 is 23.3 Å². The van der Waals surface area contributed by atoms with Crippen molar-refractivity contribution in [2.45, 2.75) is 26.2 Å². The van der Waals surface area contributed by atoms with Crippen LogP contribution >= 0.6 is 11.6 Å². The summed E-state index contributed by atoms with van der Waals surface area (Å²) in [6.07, 6.45) is 3.16. The third-order valence-corrected chi connectivity index (χ3v) is 3.93. The third-order valence-electron chi connectivity index (χ3n) is 3.70. The molecule has 3 aromatic rings. The van der Waals surface area contributed by atoms with Gasteiger partial charge < -0.3 is 5.32 Å². The van der Waals surface area contributed by atoms with Crippen molar-refractivity contribution in [2.75, 3.05) is 5.32 Å². The summed E-state index contributed by atoms with van der Waals surface area (Å²) in [7, 11) is 0. The number of carbonyl (C=O) groups is 1. The number of nitrogens with one attached hydrogen (secondary N) is 1. The van der Waals surface area contributed by atoms with E-state index in [0.717, 1.165) is 11.4 Å². The Bertz CT molecular complexity index is 897. The Labute approximate surface area is 151 Å². The van der Waals surface area contributed by atoms with E-state index in [0.29, 0.717) is 16.4 Å². The van der Waals surface area contributed by atoms with Crippen molar-refractivity contribution < 1.29 is 4.79 Å². The van der Waals surface area contributed by atoms with Gasteiger partial charge in [0.05, 0.1) is 16.9 Å². The van der Waals surface area contributed by atoms with E-state index < -0.39 is 0 Å². The smallest absolute Gasteiger partial charge is 0.258 e. The molecule has 0 saturated heterocycles. The Balaban J connectivity index is 2.02. The summed E-state index contributed by atoms with van der Waals surface area (Å²) in [5.41, 5.74) is 1.98. The van der Waals surface area contributed by atoms with Crippen LogP contribution in [-0.2, 0) is 5.41 Å². The van der Waals surface area contributed by atoms with Crippen LogP contribution in [0.3, 0.4) is 0 Å². The summed E-state index contributed by atoms with van der Waals surface area (Å²) in [6, 6.07) is 12.7. The normalized spacial score (nSPS) is 11.4. The molecule has 0 aliphatic carbocycles. The second-order valence-electron chi connectivity index (χ2n) is 6.75. The number of anilines is 1. The molecule has 1 aromatic carbocycles. The molecule has 1 N–H and O–H groups in total. The van der Waals surface area contributed by atoms with Gasteiger partial charge in [0.2, 0.25) is 0 Å². The standard InChI is InChI=1S/C19H19ClN4O/c1-19(2,3)16-11-17(22-18(25)13-6-5-9-21-12-13)24(23-16)15-8-4-7-14(20)10-15/h4-12H,1-3H3,(H,22,25). The van der Waals surface area contributed by atoms with E-state index in [2.05, 4.69) is 36.2 Å². The first-order chi connectivity index (χ1) is 11.8. The highest BCUT2D eigenvalue weighted by Crippen LogP contribution is 2.27. The third kappa shape index (κ3) is 3.88. The average molecular weight is 355 g/mol. The van der Waals surface area contributed by atoms with Crippen LogP contribution in [0, 0.1) is 0 Å². The van der Waals surface area contributed by atoms with Crippen molar-refractivity contribution in [3.63, 3.8) is 0 Å². The Morgan fingerprint density at radius 2 is 1.96 bits per heavy atom. The molecule has 3 rings (SSSR count). The Hall–Kier alpha value is -2.66. The lowest BCUT2D eigenvalue weighted by atomic mass is 9.92. The van der Waals surface area contributed by atoms with Crippen molar-refractivity contribution in [1.29, 1.82) is 0 Å². The van der Waals surface area contributed by atoms with Crippen molar-refractivity contribution in [2.24, 2.45) is 0 Å². The van der Waals surface area contributed by atoms with Crippen LogP contribution in [-0.4, -0.2) is 20.7 Å². The van der Waals surface area contributed by atoms with Gasteiger partial charge in [-0.25, -0.2) is 4.68 Å². The summed E-state index contributed by atoms with van der Waals surface area (Å²) < 4.78 is 1.70. The van der Waals surface area contributed by atoms with Crippen LogP contribution in [0.25, 0.3) is 5.69 Å². The van der Waals surface area contributed by atoms with Crippen molar-refractivity contribution in [1.82, 2.24) is 14.8 Å².